The maximum atomic E-state index is 12.9. The highest BCUT2D eigenvalue weighted by atomic mass is 19.1. The summed E-state index contributed by atoms with van der Waals surface area (Å²) in [6, 6.07) is 3.04. The zero-order valence-electron chi connectivity index (χ0n) is 10.8. The van der Waals surface area contributed by atoms with Crippen LogP contribution in [0.2, 0.25) is 0 Å². The van der Waals surface area contributed by atoms with Crippen LogP contribution in [0.3, 0.4) is 0 Å². The molecule has 6 nitrogen and oxygen atoms in total. The molecule has 0 saturated heterocycles. The van der Waals surface area contributed by atoms with Crippen LogP contribution >= 0.6 is 0 Å². The van der Waals surface area contributed by atoms with Crippen LogP contribution in [0.15, 0.2) is 18.2 Å². The monoisotopic (exact) mass is 269 g/mol. The number of anilines is 1. The van der Waals surface area contributed by atoms with Gasteiger partial charge in [0.15, 0.2) is 0 Å². The number of amides is 1. The van der Waals surface area contributed by atoms with Gasteiger partial charge in [-0.3, -0.25) is 14.9 Å². The Bertz CT molecular complexity index is 479. The van der Waals surface area contributed by atoms with Gasteiger partial charge in [-0.15, -0.1) is 0 Å². The van der Waals surface area contributed by atoms with Gasteiger partial charge in [0.25, 0.3) is 5.69 Å². The lowest BCUT2D eigenvalue weighted by Gasteiger charge is -2.12. The second kappa shape index (κ2) is 6.79. The molecular formula is C12H16FN3O3. The molecule has 0 spiro atoms. The third-order valence-electron chi connectivity index (χ3n) is 2.56. The molecule has 1 unspecified atom stereocenters. The SMILES string of the molecule is CCNCC(C)C(=O)Nc1ccc(F)cc1[N+](=O)[O-]. The number of halogens is 1. The standard InChI is InChI=1S/C12H16FN3O3/c1-3-14-7-8(2)12(17)15-10-5-4-9(13)6-11(10)16(18)19/h4-6,8,14H,3,7H2,1-2H3,(H,15,17). The largest absolute Gasteiger partial charge is 0.320 e. The van der Waals surface area contributed by atoms with E-state index in [1.54, 1.807) is 6.92 Å². The topological polar surface area (TPSA) is 84.3 Å². The van der Waals surface area contributed by atoms with Crippen molar-refractivity contribution in [2.45, 2.75) is 13.8 Å². The first-order valence-corrected chi connectivity index (χ1v) is 5.91. The molecule has 0 radical (unpaired) electrons. The fourth-order valence-corrected chi connectivity index (χ4v) is 1.47. The average Bonchev–Trinajstić information content (AvgIpc) is 2.37. The highest BCUT2D eigenvalue weighted by Gasteiger charge is 2.19. The van der Waals surface area contributed by atoms with Crippen molar-refractivity contribution in [3.8, 4) is 0 Å². The molecule has 1 amide bonds. The van der Waals surface area contributed by atoms with Crippen LogP contribution in [-0.2, 0) is 4.79 Å². The van der Waals surface area contributed by atoms with Crippen LogP contribution in [0, 0.1) is 21.8 Å². The van der Waals surface area contributed by atoms with E-state index in [0.717, 1.165) is 18.7 Å². The van der Waals surface area contributed by atoms with Crippen LogP contribution in [-0.4, -0.2) is 23.9 Å². The molecule has 7 heteroatoms. The Labute approximate surface area is 110 Å². The average molecular weight is 269 g/mol. The minimum atomic E-state index is -0.729. The predicted molar refractivity (Wildman–Crippen MR) is 69.4 cm³/mol. The molecule has 0 aliphatic rings. The number of carbonyl (C=O) groups excluding carboxylic acids is 1. The molecule has 19 heavy (non-hydrogen) atoms. The number of rotatable bonds is 6. The lowest BCUT2D eigenvalue weighted by molar-refractivity contribution is -0.384. The summed E-state index contributed by atoms with van der Waals surface area (Å²) in [4.78, 5) is 21.9. The fourth-order valence-electron chi connectivity index (χ4n) is 1.47. The molecule has 1 aromatic rings. The van der Waals surface area contributed by atoms with Crippen molar-refractivity contribution in [1.29, 1.82) is 0 Å². The van der Waals surface area contributed by atoms with Crippen molar-refractivity contribution in [3.63, 3.8) is 0 Å². The van der Waals surface area contributed by atoms with Crippen LogP contribution in [0.25, 0.3) is 0 Å². The molecule has 0 heterocycles. The molecule has 0 aliphatic heterocycles. The van der Waals surface area contributed by atoms with Gasteiger partial charge < -0.3 is 10.6 Å². The summed E-state index contributed by atoms with van der Waals surface area (Å²) >= 11 is 0. The first kappa shape index (κ1) is 15.0. The first-order chi connectivity index (χ1) is 8.95. The molecule has 0 saturated carbocycles. The Balaban J connectivity index is 2.81. The van der Waals surface area contributed by atoms with E-state index >= 15 is 0 Å². The van der Waals surface area contributed by atoms with Gasteiger partial charge >= 0.3 is 0 Å². The summed E-state index contributed by atoms with van der Waals surface area (Å²) in [5.41, 5.74) is -0.455. The molecule has 0 aliphatic carbocycles. The molecule has 1 atom stereocenters. The maximum Gasteiger partial charge on any atom is 0.295 e. The van der Waals surface area contributed by atoms with Crippen molar-refractivity contribution < 1.29 is 14.1 Å². The van der Waals surface area contributed by atoms with Gasteiger partial charge in [-0.1, -0.05) is 13.8 Å². The Morgan fingerprint density at radius 2 is 2.21 bits per heavy atom. The molecule has 104 valence electrons. The zero-order valence-corrected chi connectivity index (χ0v) is 10.8. The van der Waals surface area contributed by atoms with Gasteiger partial charge in [-0.25, -0.2) is 4.39 Å². The summed E-state index contributed by atoms with van der Waals surface area (Å²) < 4.78 is 12.9. The Morgan fingerprint density at radius 3 is 2.79 bits per heavy atom. The quantitative estimate of drug-likeness (QED) is 0.610. The minimum Gasteiger partial charge on any atom is -0.320 e. The third kappa shape index (κ3) is 4.29. The van der Waals surface area contributed by atoms with E-state index in [-0.39, 0.29) is 17.5 Å². The van der Waals surface area contributed by atoms with Crippen molar-refractivity contribution in [2.75, 3.05) is 18.4 Å². The van der Waals surface area contributed by atoms with E-state index in [1.807, 2.05) is 6.92 Å². The number of carbonyl (C=O) groups is 1. The van der Waals surface area contributed by atoms with Crippen LogP contribution in [0.5, 0.6) is 0 Å². The molecule has 2 N–H and O–H groups in total. The number of hydrogen-bond acceptors (Lipinski definition) is 4. The summed E-state index contributed by atoms with van der Waals surface area (Å²) in [6.07, 6.45) is 0. The number of hydrogen-bond donors (Lipinski definition) is 2. The number of nitrogens with one attached hydrogen (secondary N) is 2. The summed E-state index contributed by atoms with van der Waals surface area (Å²) in [6.45, 7) is 4.81. The number of nitro benzene ring substituents is 1. The van der Waals surface area contributed by atoms with Crippen molar-refractivity contribution in [1.82, 2.24) is 5.32 Å². The van der Waals surface area contributed by atoms with Crippen LogP contribution < -0.4 is 10.6 Å². The first-order valence-electron chi connectivity index (χ1n) is 5.91. The van der Waals surface area contributed by atoms with Crippen molar-refractivity contribution in [2.24, 2.45) is 5.92 Å². The molecule has 1 rings (SSSR count). The minimum absolute atomic E-state index is 0.000233. The van der Waals surface area contributed by atoms with E-state index < -0.39 is 16.4 Å². The maximum absolute atomic E-state index is 12.9. The van der Waals surface area contributed by atoms with Gasteiger partial charge in [0.1, 0.15) is 11.5 Å². The van der Waals surface area contributed by atoms with E-state index in [1.165, 1.54) is 6.07 Å². The van der Waals surface area contributed by atoms with E-state index in [9.17, 15) is 19.3 Å². The second-order valence-corrected chi connectivity index (χ2v) is 4.12. The molecular weight excluding hydrogens is 253 g/mol. The Morgan fingerprint density at radius 1 is 1.53 bits per heavy atom. The van der Waals surface area contributed by atoms with Crippen molar-refractivity contribution >= 4 is 17.3 Å². The molecule has 0 fully saturated rings. The fraction of sp³-hybridized carbons (Fsp3) is 0.417. The highest BCUT2D eigenvalue weighted by Crippen LogP contribution is 2.25. The highest BCUT2D eigenvalue weighted by molar-refractivity contribution is 5.94. The number of benzene rings is 1. The van der Waals surface area contributed by atoms with Crippen molar-refractivity contribution in [3.05, 3.63) is 34.1 Å². The number of nitro groups is 1. The van der Waals surface area contributed by atoms with Gasteiger partial charge in [0, 0.05) is 12.5 Å². The summed E-state index contributed by atoms with van der Waals surface area (Å²) in [5.74, 6) is -1.41. The molecule has 0 aromatic heterocycles. The van der Waals surface area contributed by atoms with Gasteiger partial charge in [0.2, 0.25) is 5.91 Å². The van der Waals surface area contributed by atoms with Crippen LogP contribution in [0.1, 0.15) is 13.8 Å². The Kier molecular flexibility index (Phi) is 5.37. The lowest BCUT2D eigenvalue weighted by Crippen LogP contribution is -2.30. The van der Waals surface area contributed by atoms with Gasteiger partial charge in [-0.2, -0.15) is 0 Å². The summed E-state index contributed by atoms with van der Waals surface area (Å²) in [7, 11) is 0. The zero-order chi connectivity index (χ0) is 14.4. The predicted octanol–water partition coefficient (Wildman–Crippen LogP) is 1.92. The van der Waals surface area contributed by atoms with Gasteiger partial charge in [0.05, 0.1) is 11.0 Å². The Hall–Kier alpha value is -2.02. The summed E-state index contributed by atoms with van der Waals surface area (Å²) in [5, 5.41) is 16.2. The van der Waals surface area contributed by atoms with E-state index in [0.29, 0.717) is 6.54 Å². The normalized spacial score (nSPS) is 11.9. The molecule has 1 aromatic carbocycles. The second-order valence-electron chi connectivity index (χ2n) is 4.12. The van der Waals surface area contributed by atoms with E-state index in [2.05, 4.69) is 10.6 Å². The lowest BCUT2D eigenvalue weighted by atomic mass is 10.1. The van der Waals surface area contributed by atoms with Gasteiger partial charge in [-0.05, 0) is 18.7 Å². The third-order valence-corrected chi connectivity index (χ3v) is 2.56. The molecule has 0 bridgehead atoms. The number of nitrogens with zero attached hydrogens (tertiary/aromatic N) is 1. The van der Waals surface area contributed by atoms with E-state index in [4.69, 9.17) is 0 Å². The smallest absolute Gasteiger partial charge is 0.295 e. The van der Waals surface area contributed by atoms with Crippen LogP contribution in [0.4, 0.5) is 15.8 Å².